The van der Waals surface area contributed by atoms with Crippen LogP contribution in [0.15, 0.2) is 23.0 Å². The van der Waals surface area contributed by atoms with Crippen LogP contribution in [0.4, 0.5) is 5.69 Å². The van der Waals surface area contributed by atoms with Gasteiger partial charge >= 0.3 is 0 Å². The van der Waals surface area contributed by atoms with Gasteiger partial charge in [-0.3, -0.25) is 9.59 Å². The average molecular weight is 365 g/mol. The highest BCUT2D eigenvalue weighted by Gasteiger charge is 2.30. The van der Waals surface area contributed by atoms with Crippen molar-refractivity contribution in [2.45, 2.75) is 33.9 Å². The topological polar surface area (TPSA) is 86.2 Å². The minimum atomic E-state index is -0.260. The van der Waals surface area contributed by atoms with Crippen molar-refractivity contribution in [2.75, 3.05) is 19.3 Å². The van der Waals surface area contributed by atoms with Gasteiger partial charge < -0.3 is 15.2 Å². The SMILES string of the molecule is Cc1ccc(Cn2nc(C)c3c(c(N)c4n3CCN(C)C4=O)c2=O)cc1C. The van der Waals surface area contributed by atoms with Crippen LogP contribution in [0.2, 0.25) is 0 Å². The third kappa shape index (κ3) is 2.53. The highest BCUT2D eigenvalue weighted by atomic mass is 16.2. The second-order valence-corrected chi connectivity index (χ2v) is 7.33. The van der Waals surface area contributed by atoms with E-state index in [-0.39, 0.29) is 17.2 Å². The fraction of sp³-hybridized carbons (Fsp3) is 0.350. The first-order chi connectivity index (χ1) is 12.8. The Morgan fingerprint density at radius 3 is 2.56 bits per heavy atom. The van der Waals surface area contributed by atoms with E-state index in [1.165, 1.54) is 15.8 Å². The van der Waals surface area contributed by atoms with Gasteiger partial charge in [-0.05, 0) is 37.5 Å². The van der Waals surface area contributed by atoms with Crippen LogP contribution < -0.4 is 11.3 Å². The first kappa shape index (κ1) is 17.3. The van der Waals surface area contributed by atoms with Gasteiger partial charge in [-0.1, -0.05) is 18.2 Å². The molecule has 2 aromatic heterocycles. The Bertz CT molecular complexity index is 1160. The molecule has 2 N–H and O–H groups in total. The number of nitrogens with two attached hydrogens (primary N) is 1. The first-order valence-corrected chi connectivity index (χ1v) is 9.00. The van der Waals surface area contributed by atoms with E-state index in [0.29, 0.717) is 41.9 Å². The summed E-state index contributed by atoms with van der Waals surface area (Å²) in [5, 5.41) is 4.91. The molecule has 4 rings (SSSR count). The second kappa shape index (κ2) is 5.97. The Balaban J connectivity index is 1.91. The molecule has 0 atom stereocenters. The van der Waals surface area contributed by atoms with Crippen molar-refractivity contribution >= 4 is 22.5 Å². The number of nitrogens with zero attached hydrogens (tertiary/aromatic N) is 4. The fourth-order valence-corrected chi connectivity index (χ4v) is 3.80. The Labute approximate surface area is 157 Å². The van der Waals surface area contributed by atoms with Crippen LogP contribution in [0, 0.1) is 20.8 Å². The third-order valence-corrected chi connectivity index (χ3v) is 5.47. The molecule has 140 valence electrons. The van der Waals surface area contributed by atoms with E-state index in [4.69, 9.17) is 5.73 Å². The molecule has 0 saturated heterocycles. The highest BCUT2D eigenvalue weighted by Crippen LogP contribution is 2.30. The number of carbonyl (C=O) groups excluding carboxylic acids is 1. The molecule has 7 nitrogen and oxygen atoms in total. The van der Waals surface area contributed by atoms with Crippen molar-refractivity contribution in [1.82, 2.24) is 19.2 Å². The standard InChI is InChI=1S/C20H23N5O2/c1-11-5-6-14(9-12(11)2)10-25-19(26)15-16(21)18-20(27)23(4)7-8-24(18)17(15)13(3)22-25/h5-6,9H,7-8,10,21H2,1-4H3. The van der Waals surface area contributed by atoms with Crippen molar-refractivity contribution in [3.8, 4) is 0 Å². The molecule has 0 fully saturated rings. The molecule has 0 bridgehead atoms. The van der Waals surface area contributed by atoms with E-state index in [1.54, 1.807) is 11.9 Å². The molecule has 1 aliphatic rings. The number of aromatic nitrogens is 3. The van der Waals surface area contributed by atoms with Crippen LogP contribution in [-0.4, -0.2) is 38.7 Å². The molecule has 27 heavy (non-hydrogen) atoms. The molecule has 1 aromatic carbocycles. The highest BCUT2D eigenvalue weighted by molar-refractivity contribution is 6.08. The second-order valence-electron chi connectivity index (χ2n) is 7.33. The summed E-state index contributed by atoms with van der Waals surface area (Å²) in [6.45, 7) is 7.51. The van der Waals surface area contributed by atoms with Crippen LogP contribution in [0.25, 0.3) is 10.9 Å². The zero-order valence-electron chi connectivity index (χ0n) is 16.0. The number of benzene rings is 1. The predicted molar refractivity (Wildman–Crippen MR) is 105 cm³/mol. The summed E-state index contributed by atoms with van der Waals surface area (Å²) in [4.78, 5) is 27.3. The monoisotopic (exact) mass is 365 g/mol. The number of aryl methyl sites for hydroxylation is 3. The van der Waals surface area contributed by atoms with Crippen LogP contribution in [-0.2, 0) is 13.1 Å². The molecule has 0 unspecified atom stereocenters. The minimum Gasteiger partial charge on any atom is -0.396 e. The first-order valence-electron chi connectivity index (χ1n) is 9.00. The van der Waals surface area contributed by atoms with Gasteiger partial charge in [0.1, 0.15) is 5.69 Å². The quantitative estimate of drug-likeness (QED) is 0.751. The number of likely N-dealkylation sites (N-methyl/N-ethyl adjacent to an activating group) is 1. The molecular weight excluding hydrogens is 342 g/mol. The van der Waals surface area contributed by atoms with Gasteiger partial charge in [0.15, 0.2) is 0 Å². The molecule has 0 radical (unpaired) electrons. The third-order valence-electron chi connectivity index (χ3n) is 5.47. The van der Waals surface area contributed by atoms with E-state index >= 15 is 0 Å². The maximum atomic E-state index is 13.1. The van der Waals surface area contributed by atoms with Crippen LogP contribution >= 0.6 is 0 Å². The molecule has 1 amide bonds. The Morgan fingerprint density at radius 2 is 1.85 bits per heavy atom. The van der Waals surface area contributed by atoms with Crippen molar-refractivity contribution in [2.24, 2.45) is 0 Å². The number of hydrogen-bond donors (Lipinski definition) is 1. The summed E-state index contributed by atoms with van der Waals surface area (Å²) in [7, 11) is 1.74. The maximum Gasteiger partial charge on any atom is 0.278 e. The van der Waals surface area contributed by atoms with Gasteiger partial charge in [0, 0.05) is 20.1 Å². The van der Waals surface area contributed by atoms with Gasteiger partial charge in [-0.2, -0.15) is 5.10 Å². The van der Waals surface area contributed by atoms with E-state index in [1.807, 2.05) is 30.5 Å². The minimum absolute atomic E-state index is 0.158. The Kier molecular flexibility index (Phi) is 3.83. The average Bonchev–Trinajstić information content (AvgIpc) is 2.93. The van der Waals surface area contributed by atoms with Crippen molar-refractivity contribution in [3.63, 3.8) is 0 Å². The summed E-state index contributed by atoms with van der Waals surface area (Å²) >= 11 is 0. The predicted octanol–water partition coefficient (Wildman–Crippen LogP) is 1.84. The molecule has 0 aliphatic carbocycles. The zero-order valence-corrected chi connectivity index (χ0v) is 16.0. The molecule has 0 saturated carbocycles. The lowest BCUT2D eigenvalue weighted by Crippen LogP contribution is -2.37. The molecule has 3 aromatic rings. The maximum absolute atomic E-state index is 13.1. The van der Waals surface area contributed by atoms with Gasteiger partial charge in [0.2, 0.25) is 0 Å². The lowest BCUT2D eigenvalue weighted by atomic mass is 10.1. The van der Waals surface area contributed by atoms with Gasteiger partial charge in [0.25, 0.3) is 11.5 Å². The molecule has 7 heteroatoms. The Morgan fingerprint density at radius 1 is 1.11 bits per heavy atom. The van der Waals surface area contributed by atoms with Gasteiger partial charge in [-0.25, -0.2) is 4.68 Å². The van der Waals surface area contributed by atoms with E-state index < -0.39 is 0 Å². The summed E-state index contributed by atoms with van der Waals surface area (Å²) in [6, 6.07) is 6.11. The van der Waals surface area contributed by atoms with Crippen molar-refractivity contribution in [3.05, 3.63) is 56.6 Å². The Hall–Kier alpha value is -3.09. The summed E-state index contributed by atoms with van der Waals surface area (Å²) in [5.74, 6) is -0.158. The zero-order chi connectivity index (χ0) is 19.5. The van der Waals surface area contributed by atoms with Crippen molar-refractivity contribution < 1.29 is 4.79 Å². The number of hydrogen-bond acceptors (Lipinski definition) is 4. The summed E-state index contributed by atoms with van der Waals surface area (Å²) in [5.41, 5.74) is 11.4. The van der Waals surface area contributed by atoms with E-state index in [9.17, 15) is 9.59 Å². The summed E-state index contributed by atoms with van der Waals surface area (Å²) < 4.78 is 3.29. The van der Waals surface area contributed by atoms with Crippen LogP contribution in [0.3, 0.4) is 0 Å². The van der Waals surface area contributed by atoms with E-state index in [0.717, 1.165) is 5.56 Å². The lowest BCUT2D eigenvalue weighted by molar-refractivity contribution is 0.0752. The summed E-state index contributed by atoms with van der Waals surface area (Å²) in [6.07, 6.45) is 0. The normalized spacial score (nSPS) is 14.1. The number of anilines is 1. The van der Waals surface area contributed by atoms with Crippen molar-refractivity contribution in [1.29, 1.82) is 0 Å². The number of fused-ring (bicyclic) bond motifs is 3. The van der Waals surface area contributed by atoms with Crippen LogP contribution in [0.1, 0.15) is 32.9 Å². The molecular formula is C20H23N5O2. The lowest BCUT2D eigenvalue weighted by Gasteiger charge is -2.25. The van der Waals surface area contributed by atoms with Gasteiger partial charge in [0.05, 0.1) is 28.8 Å². The number of nitrogen functional groups attached to an aromatic ring is 1. The largest absolute Gasteiger partial charge is 0.396 e. The number of carbonyl (C=O) groups is 1. The molecule has 3 heterocycles. The number of amides is 1. The van der Waals surface area contributed by atoms with Crippen LogP contribution in [0.5, 0.6) is 0 Å². The van der Waals surface area contributed by atoms with E-state index in [2.05, 4.69) is 18.1 Å². The van der Waals surface area contributed by atoms with Gasteiger partial charge in [-0.15, -0.1) is 0 Å². The fourth-order valence-electron chi connectivity index (χ4n) is 3.80. The smallest absolute Gasteiger partial charge is 0.278 e. The number of rotatable bonds is 2. The molecule has 1 aliphatic heterocycles. The molecule has 0 spiro atoms.